The maximum atomic E-state index is 12.3. The Morgan fingerprint density at radius 3 is 2.14 bits per heavy atom. The second-order valence-electron chi connectivity index (χ2n) is 7.42. The molecule has 5 nitrogen and oxygen atoms in total. The number of carbonyl (C=O) groups excluding carboxylic acids is 2. The molecule has 0 aromatic rings. The molecule has 4 aliphatic carbocycles. The maximum Gasteiger partial charge on any atom is 0.330 e. The van der Waals surface area contributed by atoms with Gasteiger partial charge in [0.05, 0.1) is 13.7 Å². The van der Waals surface area contributed by atoms with E-state index in [1.807, 2.05) is 0 Å². The van der Waals surface area contributed by atoms with Crippen molar-refractivity contribution >= 4 is 11.9 Å². The lowest BCUT2D eigenvalue weighted by Gasteiger charge is -2.56. The Morgan fingerprint density at radius 2 is 1.71 bits per heavy atom. The molecule has 0 aromatic carbocycles. The van der Waals surface area contributed by atoms with Gasteiger partial charge in [0, 0.05) is 6.42 Å². The van der Waals surface area contributed by atoms with Crippen LogP contribution in [0.25, 0.3) is 0 Å². The van der Waals surface area contributed by atoms with Gasteiger partial charge >= 0.3 is 5.97 Å². The molecule has 4 rings (SSSR count). The molecule has 4 fully saturated rings. The van der Waals surface area contributed by atoms with E-state index in [-0.39, 0.29) is 11.3 Å². The molecule has 0 aromatic heterocycles. The molecule has 4 bridgehead atoms. The first-order chi connectivity index (χ1) is 10.0. The van der Waals surface area contributed by atoms with E-state index in [0.717, 1.165) is 37.0 Å². The van der Waals surface area contributed by atoms with Crippen molar-refractivity contribution in [3.63, 3.8) is 0 Å². The van der Waals surface area contributed by atoms with Gasteiger partial charge in [0.1, 0.15) is 0 Å². The van der Waals surface area contributed by atoms with Gasteiger partial charge in [-0.15, -0.1) is 0 Å². The van der Waals surface area contributed by atoms with E-state index in [1.165, 1.54) is 26.4 Å². The zero-order valence-electron chi connectivity index (χ0n) is 12.6. The number of hydrogen-bond donors (Lipinski definition) is 2. The molecule has 2 N–H and O–H groups in total. The van der Waals surface area contributed by atoms with Crippen LogP contribution in [0.1, 0.15) is 44.9 Å². The number of carbonyl (C=O) groups is 2. The Labute approximate surface area is 125 Å². The minimum Gasteiger partial charge on any atom is -0.467 e. The first kappa shape index (κ1) is 14.8. The zero-order valence-corrected chi connectivity index (χ0v) is 12.6. The normalized spacial score (nSPS) is 38.1. The largest absolute Gasteiger partial charge is 0.467 e. The van der Waals surface area contributed by atoms with Crippen molar-refractivity contribution < 1.29 is 19.4 Å². The second-order valence-corrected chi connectivity index (χ2v) is 7.42. The van der Waals surface area contributed by atoms with Crippen molar-refractivity contribution in [3.05, 3.63) is 0 Å². The van der Waals surface area contributed by atoms with Gasteiger partial charge in [-0.05, 0) is 61.7 Å². The van der Waals surface area contributed by atoms with Crippen LogP contribution in [0.5, 0.6) is 0 Å². The molecule has 5 heteroatoms. The van der Waals surface area contributed by atoms with Gasteiger partial charge in [-0.2, -0.15) is 0 Å². The van der Waals surface area contributed by atoms with Crippen LogP contribution in [-0.4, -0.2) is 36.7 Å². The standard InChI is InChI=1S/C16H25NO4/c1-21-15(20)13(9-18)17-14(19)8-16-5-10-2-11(6-16)4-12(3-10)7-16/h10-13,18H,2-9H2,1H3,(H,17,19). The fourth-order valence-electron chi connectivity index (χ4n) is 5.41. The third-order valence-electron chi connectivity index (χ3n) is 5.70. The highest BCUT2D eigenvalue weighted by molar-refractivity contribution is 5.84. The van der Waals surface area contributed by atoms with E-state index in [4.69, 9.17) is 0 Å². The number of hydrogen-bond acceptors (Lipinski definition) is 4. The summed E-state index contributed by atoms with van der Waals surface area (Å²) in [5.41, 5.74) is 0.148. The van der Waals surface area contributed by atoms with Gasteiger partial charge in [-0.3, -0.25) is 4.79 Å². The van der Waals surface area contributed by atoms with E-state index in [9.17, 15) is 14.7 Å². The molecule has 0 saturated heterocycles. The summed E-state index contributed by atoms with van der Waals surface area (Å²) < 4.78 is 4.58. The molecule has 4 saturated carbocycles. The van der Waals surface area contributed by atoms with Gasteiger partial charge in [0.15, 0.2) is 6.04 Å². The van der Waals surface area contributed by atoms with E-state index >= 15 is 0 Å². The molecule has 21 heavy (non-hydrogen) atoms. The minimum atomic E-state index is -0.934. The Balaban J connectivity index is 1.61. The Kier molecular flexibility index (Phi) is 3.95. The molecular formula is C16H25NO4. The molecule has 4 aliphatic rings. The van der Waals surface area contributed by atoms with Gasteiger partial charge in [0.25, 0.3) is 0 Å². The van der Waals surface area contributed by atoms with E-state index in [1.54, 1.807) is 0 Å². The Hall–Kier alpha value is -1.10. The highest BCUT2D eigenvalue weighted by atomic mass is 16.5. The van der Waals surface area contributed by atoms with Crippen LogP contribution >= 0.6 is 0 Å². The minimum absolute atomic E-state index is 0.124. The van der Waals surface area contributed by atoms with Gasteiger partial charge in [0.2, 0.25) is 5.91 Å². The maximum absolute atomic E-state index is 12.3. The summed E-state index contributed by atoms with van der Waals surface area (Å²) in [7, 11) is 1.26. The van der Waals surface area contributed by atoms with Crippen LogP contribution in [-0.2, 0) is 14.3 Å². The molecule has 1 amide bonds. The van der Waals surface area contributed by atoms with Crippen molar-refractivity contribution in [2.24, 2.45) is 23.2 Å². The summed E-state index contributed by atoms with van der Waals surface area (Å²) in [5.74, 6) is 1.70. The quantitative estimate of drug-likeness (QED) is 0.748. The van der Waals surface area contributed by atoms with Crippen LogP contribution in [0.4, 0.5) is 0 Å². The molecule has 1 unspecified atom stereocenters. The number of esters is 1. The molecule has 1 atom stereocenters. The van der Waals surface area contributed by atoms with Crippen molar-refractivity contribution in [2.75, 3.05) is 13.7 Å². The number of ether oxygens (including phenoxy) is 1. The summed E-state index contributed by atoms with van der Waals surface area (Å²) in [6.45, 7) is -0.417. The van der Waals surface area contributed by atoms with Crippen LogP contribution in [0, 0.1) is 23.2 Å². The lowest BCUT2D eigenvalue weighted by Crippen LogP contribution is -2.50. The summed E-state index contributed by atoms with van der Waals surface area (Å²) in [6.07, 6.45) is 8.02. The summed E-state index contributed by atoms with van der Waals surface area (Å²) in [4.78, 5) is 23.7. The fraction of sp³-hybridized carbons (Fsp3) is 0.875. The third-order valence-corrected chi connectivity index (χ3v) is 5.70. The topological polar surface area (TPSA) is 75.6 Å². The Bertz CT molecular complexity index is 399. The molecule has 0 aliphatic heterocycles. The summed E-state index contributed by atoms with van der Waals surface area (Å²) in [5, 5.41) is 11.8. The van der Waals surface area contributed by atoms with Gasteiger partial charge in [-0.1, -0.05) is 0 Å². The van der Waals surface area contributed by atoms with Crippen molar-refractivity contribution in [3.8, 4) is 0 Å². The predicted molar refractivity (Wildman–Crippen MR) is 76.3 cm³/mol. The molecule has 0 spiro atoms. The highest BCUT2D eigenvalue weighted by Gasteiger charge is 2.51. The third kappa shape index (κ3) is 2.93. The first-order valence-corrected chi connectivity index (χ1v) is 8.01. The number of methoxy groups -OCH3 is 1. The molecule has 0 heterocycles. The smallest absolute Gasteiger partial charge is 0.330 e. The lowest BCUT2D eigenvalue weighted by atomic mass is 9.49. The predicted octanol–water partition coefficient (Wildman–Crippen LogP) is 1.24. The van der Waals surface area contributed by atoms with Crippen LogP contribution < -0.4 is 5.32 Å². The number of nitrogens with one attached hydrogen (secondary N) is 1. The number of rotatable bonds is 5. The highest BCUT2D eigenvalue weighted by Crippen LogP contribution is 2.61. The molecular weight excluding hydrogens is 270 g/mol. The zero-order chi connectivity index (χ0) is 15.0. The second kappa shape index (κ2) is 5.59. The number of aliphatic hydroxyl groups excluding tert-OH is 1. The summed E-state index contributed by atoms with van der Waals surface area (Å²) >= 11 is 0. The van der Waals surface area contributed by atoms with Crippen LogP contribution in [0.2, 0.25) is 0 Å². The van der Waals surface area contributed by atoms with Crippen LogP contribution in [0.15, 0.2) is 0 Å². The molecule has 0 radical (unpaired) electrons. The number of aliphatic hydroxyl groups is 1. The van der Waals surface area contributed by atoms with E-state index in [0.29, 0.717) is 6.42 Å². The monoisotopic (exact) mass is 295 g/mol. The Morgan fingerprint density at radius 1 is 1.19 bits per heavy atom. The summed E-state index contributed by atoms with van der Waals surface area (Å²) in [6, 6.07) is -0.934. The van der Waals surface area contributed by atoms with Gasteiger partial charge in [-0.25, -0.2) is 4.79 Å². The van der Waals surface area contributed by atoms with Crippen molar-refractivity contribution in [2.45, 2.75) is 51.0 Å². The average Bonchev–Trinajstić information content (AvgIpc) is 2.41. The van der Waals surface area contributed by atoms with E-state index < -0.39 is 18.6 Å². The fourth-order valence-corrected chi connectivity index (χ4v) is 5.41. The van der Waals surface area contributed by atoms with E-state index in [2.05, 4.69) is 10.1 Å². The average molecular weight is 295 g/mol. The lowest BCUT2D eigenvalue weighted by molar-refractivity contribution is -0.147. The van der Waals surface area contributed by atoms with Gasteiger partial charge < -0.3 is 15.2 Å². The number of amides is 1. The SMILES string of the molecule is COC(=O)C(CO)NC(=O)CC12CC3CC(CC(C3)C1)C2. The van der Waals surface area contributed by atoms with Crippen LogP contribution in [0.3, 0.4) is 0 Å². The van der Waals surface area contributed by atoms with Crippen molar-refractivity contribution in [1.29, 1.82) is 0 Å². The first-order valence-electron chi connectivity index (χ1n) is 8.01. The molecule has 118 valence electrons. The van der Waals surface area contributed by atoms with Crippen molar-refractivity contribution in [1.82, 2.24) is 5.32 Å².